The largest absolute Gasteiger partial charge is 0.478 e. The van der Waals surface area contributed by atoms with Crippen LogP contribution in [0.15, 0.2) is 18.2 Å². The fourth-order valence-electron chi connectivity index (χ4n) is 2.20. The summed E-state index contributed by atoms with van der Waals surface area (Å²) >= 11 is 0. The maximum absolute atomic E-state index is 11.1. The van der Waals surface area contributed by atoms with Crippen LogP contribution in [0.5, 0.6) is 5.88 Å². The Bertz CT molecular complexity index is 527. The van der Waals surface area contributed by atoms with Gasteiger partial charge in [0.2, 0.25) is 5.88 Å². The third-order valence-electron chi connectivity index (χ3n) is 3.29. The van der Waals surface area contributed by atoms with Gasteiger partial charge in [0.1, 0.15) is 0 Å². The molecule has 0 atom stereocenters. The first-order valence-corrected chi connectivity index (χ1v) is 7.42. The molecule has 2 rings (SSSR count). The second-order valence-electron chi connectivity index (χ2n) is 5.05. The second-order valence-corrected chi connectivity index (χ2v) is 5.05. The minimum atomic E-state index is -1.17. The number of carbonyl (C=O) groups excluding carboxylic acids is 1. The van der Waals surface area contributed by atoms with Crippen LogP contribution in [-0.4, -0.2) is 40.0 Å². The lowest BCUT2D eigenvalue weighted by molar-refractivity contribution is -0.138. The molecule has 1 aromatic rings. The van der Waals surface area contributed by atoms with Crippen molar-refractivity contribution in [1.82, 2.24) is 9.78 Å². The maximum Gasteiger partial charge on any atom is 0.331 e. The first kappa shape index (κ1) is 16.1. The average Bonchev–Trinajstić information content (AvgIpc) is 2.91. The first-order chi connectivity index (χ1) is 10.6. The molecule has 0 fully saturated rings. The van der Waals surface area contributed by atoms with Gasteiger partial charge in [-0.3, -0.25) is 4.68 Å². The molecule has 0 radical (unpaired) electrons. The zero-order chi connectivity index (χ0) is 15.8. The summed E-state index contributed by atoms with van der Waals surface area (Å²) in [5, 5.41) is 12.7. The number of unbranched alkanes of at least 4 members (excludes halogenated alkanes) is 1. The van der Waals surface area contributed by atoms with Crippen molar-refractivity contribution < 1.29 is 24.2 Å². The molecule has 1 aliphatic rings. The van der Waals surface area contributed by atoms with Crippen LogP contribution in [0.2, 0.25) is 0 Å². The minimum absolute atomic E-state index is 0.242. The van der Waals surface area contributed by atoms with Gasteiger partial charge in [-0.05, 0) is 32.1 Å². The van der Waals surface area contributed by atoms with Gasteiger partial charge in [-0.25, -0.2) is 9.59 Å². The van der Waals surface area contributed by atoms with Gasteiger partial charge in [0.25, 0.3) is 0 Å². The molecule has 1 aliphatic heterocycles. The van der Waals surface area contributed by atoms with Crippen LogP contribution in [0.25, 0.3) is 0 Å². The highest BCUT2D eigenvalue weighted by Gasteiger charge is 2.12. The molecule has 0 spiro atoms. The normalized spacial score (nSPS) is 13.8. The number of carboxylic acids is 1. The maximum atomic E-state index is 11.1. The highest BCUT2D eigenvalue weighted by atomic mass is 16.5. The monoisotopic (exact) mass is 308 g/mol. The van der Waals surface area contributed by atoms with E-state index in [4.69, 9.17) is 14.6 Å². The fraction of sp³-hybridized carbons (Fsp3) is 0.533. The summed E-state index contributed by atoms with van der Waals surface area (Å²) in [6, 6.07) is 1.98. The lowest BCUT2D eigenvalue weighted by Crippen LogP contribution is -2.10. The summed E-state index contributed by atoms with van der Waals surface area (Å²) in [5.74, 6) is -1.17. The fourth-order valence-corrected chi connectivity index (χ4v) is 2.20. The van der Waals surface area contributed by atoms with E-state index in [1.807, 2.05) is 10.7 Å². The van der Waals surface area contributed by atoms with E-state index in [0.29, 0.717) is 18.9 Å². The summed E-state index contributed by atoms with van der Waals surface area (Å²) in [7, 11) is 0. The van der Waals surface area contributed by atoms with Gasteiger partial charge in [0.15, 0.2) is 0 Å². The lowest BCUT2D eigenvalue weighted by atomic mass is 10.1. The van der Waals surface area contributed by atoms with E-state index < -0.39 is 11.9 Å². The highest BCUT2D eigenvalue weighted by molar-refractivity contribution is 5.90. The summed E-state index contributed by atoms with van der Waals surface area (Å²) in [5.41, 5.74) is 1.22. The predicted octanol–water partition coefficient (Wildman–Crippen LogP) is 1.56. The van der Waals surface area contributed by atoms with Crippen LogP contribution in [0.3, 0.4) is 0 Å². The number of carbonyl (C=O) groups is 2. The Morgan fingerprint density at radius 3 is 2.86 bits per heavy atom. The molecule has 120 valence electrons. The van der Waals surface area contributed by atoms with Gasteiger partial charge in [0.05, 0.1) is 13.2 Å². The van der Waals surface area contributed by atoms with Crippen molar-refractivity contribution in [3.05, 3.63) is 23.9 Å². The Hall–Kier alpha value is -2.31. The molecule has 0 aromatic carbocycles. The van der Waals surface area contributed by atoms with Crippen molar-refractivity contribution in [2.45, 2.75) is 38.6 Å². The number of ether oxygens (including phenoxy) is 2. The summed E-state index contributed by atoms with van der Waals surface area (Å²) in [6.07, 6.45) is 6.46. The number of carboxylic acid groups (broad SMARTS) is 1. The number of rotatable bonds is 8. The highest BCUT2D eigenvalue weighted by Crippen LogP contribution is 2.19. The second kappa shape index (κ2) is 8.21. The van der Waals surface area contributed by atoms with Crippen molar-refractivity contribution >= 4 is 11.9 Å². The quantitative estimate of drug-likeness (QED) is 0.445. The van der Waals surface area contributed by atoms with Gasteiger partial charge in [-0.2, -0.15) is 0 Å². The standard InChI is InChI=1S/C15H20N2O5/c18-14(19)6-7-15(20)22-10-4-3-9-21-13-11-12-5-1-2-8-17(12)16-13/h6-7,11H,1-5,8-10H2,(H,18,19)/b7-6-. The van der Waals surface area contributed by atoms with Crippen LogP contribution in [0, 0.1) is 0 Å². The topological polar surface area (TPSA) is 90.6 Å². The average molecular weight is 308 g/mol. The van der Waals surface area contributed by atoms with E-state index in [9.17, 15) is 9.59 Å². The van der Waals surface area contributed by atoms with Crippen LogP contribution in [0.4, 0.5) is 0 Å². The van der Waals surface area contributed by atoms with Crippen LogP contribution in [-0.2, 0) is 27.3 Å². The van der Waals surface area contributed by atoms with Crippen LogP contribution < -0.4 is 4.74 Å². The molecule has 0 saturated heterocycles. The van der Waals surface area contributed by atoms with Crippen LogP contribution >= 0.6 is 0 Å². The zero-order valence-electron chi connectivity index (χ0n) is 12.4. The van der Waals surface area contributed by atoms with E-state index in [1.165, 1.54) is 12.1 Å². The lowest BCUT2D eigenvalue weighted by Gasteiger charge is -2.11. The number of nitrogens with zero attached hydrogens (tertiary/aromatic N) is 2. The molecule has 0 saturated carbocycles. The number of fused-ring (bicyclic) bond motifs is 1. The molecule has 0 unspecified atom stereocenters. The van der Waals surface area contributed by atoms with Crippen molar-refractivity contribution in [3.63, 3.8) is 0 Å². The van der Waals surface area contributed by atoms with E-state index in [-0.39, 0.29) is 6.61 Å². The molecule has 0 aliphatic carbocycles. The van der Waals surface area contributed by atoms with Gasteiger partial charge >= 0.3 is 11.9 Å². The molecule has 1 aromatic heterocycles. The predicted molar refractivity (Wildman–Crippen MR) is 77.6 cm³/mol. The Balaban J connectivity index is 1.57. The Labute approximate surface area is 128 Å². The van der Waals surface area contributed by atoms with E-state index in [2.05, 4.69) is 5.10 Å². The molecule has 0 amide bonds. The summed E-state index contributed by atoms with van der Waals surface area (Å²) < 4.78 is 12.4. The van der Waals surface area contributed by atoms with Gasteiger partial charge in [0, 0.05) is 30.5 Å². The number of hydrogen-bond acceptors (Lipinski definition) is 5. The van der Waals surface area contributed by atoms with Crippen molar-refractivity contribution in [2.75, 3.05) is 13.2 Å². The molecule has 7 nitrogen and oxygen atoms in total. The summed E-state index contributed by atoms with van der Waals surface area (Å²) in [4.78, 5) is 21.3. The van der Waals surface area contributed by atoms with E-state index >= 15 is 0 Å². The number of aryl methyl sites for hydroxylation is 2. The number of hydrogen-bond donors (Lipinski definition) is 1. The van der Waals surface area contributed by atoms with Crippen LogP contribution in [0.1, 0.15) is 31.4 Å². The molecule has 22 heavy (non-hydrogen) atoms. The molecular formula is C15H20N2O5. The molecule has 0 bridgehead atoms. The Kier molecular flexibility index (Phi) is 6.00. The third kappa shape index (κ3) is 5.23. The number of aromatic nitrogens is 2. The molecule has 7 heteroatoms. The summed E-state index contributed by atoms with van der Waals surface area (Å²) in [6.45, 7) is 1.71. The van der Waals surface area contributed by atoms with E-state index in [0.717, 1.165) is 38.0 Å². The molecular weight excluding hydrogens is 288 g/mol. The van der Waals surface area contributed by atoms with Gasteiger partial charge < -0.3 is 14.6 Å². The van der Waals surface area contributed by atoms with Gasteiger partial charge in [-0.1, -0.05) is 0 Å². The number of esters is 1. The molecule has 2 heterocycles. The minimum Gasteiger partial charge on any atom is -0.478 e. The smallest absolute Gasteiger partial charge is 0.331 e. The zero-order valence-corrected chi connectivity index (χ0v) is 12.4. The Morgan fingerprint density at radius 1 is 1.27 bits per heavy atom. The van der Waals surface area contributed by atoms with Crippen molar-refractivity contribution in [2.24, 2.45) is 0 Å². The SMILES string of the molecule is O=C(O)/C=C\C(=O)OCCCCOc1cc2n(n1)CCCC2. The number of aliphatic carboxylic acids is 1. The first-order valence-electron chi connectivity index (χ1n) is 7.42. The molecule has 1 N–H and O–H groups in total. The Morgan fingerprint density at radius 2 is 2.09 bits per heavy atom. The van der Waals surface area contributed by atoms with Gasteiger partial charge in [-0.15, -0.1) is 5.10 Å². The van der Waals surface area contributed by atoms with E-state index in [1.54, 1.807) is 0 Å². The van der Waals surface area contributed by atoms with Crippen molar-refractivity contribution in [3.8, 4) is 5.88 Å². The van der Waals surface area contributed by atoms with Crippen molar-refractivity contribution in [1.29, 1.82) is 0 Å². The third-order valence-corrected chi connectivity index (χ3v) is 3.29.